The van der Waals surface area contributed by atoms with Crippen LogP contribution in [0.4, 0.5) is 0 Å². The maximum absolute atomic E-state index is 3.60. The van der Waals surface area contributed by atoms with Gasteiger partial charge in [0.1, 0.15) is 0 Å². The van der Waals surface area contributed by atoms with Gasteiger partial charge in [0.15, 0.2) is 0 Å². The Hall–Kier alpha value is -1.12. The summed E-state index contributed by atoms with van der Waals surface area (Å²) in [5.41, 5.74) is 5.13. The first-order valence-corrected chi connectivity index (χ1v) is 6.91. The minimum atomic E-state index is 0.238. The standard InChI is InChI=1S/C16H18BrN/c1-11-5-4-6-13(9-11)16(18-3)14-8-7-12(2)15(17)10-14/h4-10,16,18H,1-3H3. The average Bonchev–Trinajstić information content (AvgIpc) is 2.35. The summed E-state index contributed by atoms with van der Waals surface area (Å²) in [5, 5.41) is 3.39. The summed E-state index contributed by atoms with van der Waals surface area (Å²) in [4.78, 5) is 0. The predicted molar refractivity (Wildman–Crippen MR) is 81.0 cm³/mol. The molecule has 1 nitrogen and oxygen atoms in total. The molecule has 0 aliphatic carbocycles. The normalized spacial score (nSPS) is 12.4. The molecule has 1 N–H and O–H groups in total. The maximum atomic E-state index is 3.60. The van der Waals surface area contributed by atoms with E-state index in [0.717, 1.165) is 4.47 Å². The number of halogens is 1. The first-order valence-electron chi connectivity index (χ1n) is 6.11. The SMILES string of the molecule is CNC(c1cccc(C)c1)c1ccc(C)c(Br)c1. The van der Waals surface area contributed by atoms with E-state index in [1.165, 1.54) is 22.3 Å². The van der Waals surface area contributed by atoms with Crippen LogP contribution in [0.3, 0.4) is 0 Å². The highest BCUT2D eigenvalue weighted by Gasteiger charge is 2.12. The lowest BCUT2D eigenvalue weighted by molar-refractivity contribution is 0.690. The Bertz CT molecular complexity index is 549. The zero-order valence-corrected chi connectivity index (χ0v) is 12.6. The molecule has 0 fully saturated rings. The first-order chi connectivity index (χ1) is 8.61. The molecule has 0 saturated heterocycles. The van der Waals surface area contributed by atoms with Crippen LogP contribution in [-0.4, -0.2) is 7.05 Å². The van der Waals surface area contributed by atoms with Crippen LogP contribution in [0.15, 0.2) is 46.9 Å². The van der Waals surface area contributed by atoms with Crippen LogP contribution < -0.4 is 5.32 Å². The molecule has 0 bridgehead atoms. The van der Waals surface area contributed by atoms with Crippen molar-refractivity contribution in [2.45, 2.75) is 19.9 Å². The van der Waals surface area contributed by atoms with Crippen molar-refractivity contribution in [1.29, 1.82) is 0 Å². The van der Waals surface area contributed by atoms with E-state index in [1.54, 1.807) is 0 Å². The smallest absolute Gasteiger partial charge is 0.0574 e. The van der Waals surface area contributed by atoms with E-state index < -0.39 is 0 Å². The van der Waals surface area contributed by atoms with E-state index in [4.69, 9.17) is 0 Å². The van der Waals surface area contributed by atoms with E-state index in [2.05, 4.69) is 77.6 Å². The van der Waals surface area contributed by atoms with E-state index in [1.807, 2.05) is 7.05 Å². The molecule has 0 spiro atoms. The van der Waals surface area contributed by atoms with E-state index >= 15 is 0 Å². The average molecular weight is 304 g/mol. The fraction of sp³-hybridized carbons (Fsp3) is 0.250. The van der Waals surface area contributed by atoms with Crippen molar-refractivity contribution in [2.24, 2.45) is 0 Å². The van der Waals surface area contributed by atoms with Crippen molar-refractivity contribution in [2.75, 3.05) is 7.05 Å². The summed E-state index contributed by atoms with van der Waals surface area (Å²) in [6.45, 7) is 4.23. The summed E-state index contributed by atoms with van der Waals surface area (Å²) in [6, 6.07) is 15.4. The van der Waals surface area contributed by atoms with Crippen LogP contribution in [-0.2, 0) is 0 Å². The lowest BCUT2D eigenvalue weighted by Crippen LogP contribution is -2.17. The predicted octanol–water partition coefficient (Wildman–Crippen LogP) is 4.37. The Balaban J connectivity index is 2.42. The monoisotopic (exact) mass is 303 g/mol. The maximum Gasteiger partial charge on any atom is 0.0574 e. The van der Waals surface area contributed by atoms with Crippen molar-refractivity contribution in [3.8, 4) is 0 Å². The van der Waals surface area contributed by atoms with Crippen LogP contribution in [0, 0.1) is 13.8 Å². The fourth-order valence-corrected chi connectivity index (χ4v) is 2.56. The fourth-order valence-electron chi connectivity index (χ4n) is 2.16. The molecular weight excluding hydrogens is 286 g/mol. The molecular formula is C16H18BrN. The van der Waals surface area contributed by atoms with Gasteiger partial charge in [0.05, 0.1) is 6.04 Å². The minimum Gasteiger partial charge on any atom is -0.309 e. The summed E-state index contributed by atoms with van der Waals surface area (Å²) in [7, 11) is 2.00. The Kier molecular flexibility index (Phi) is 4.20. The lowest BCUT2D eigenvalue weighted by atomic mass is 9.97. The highest BCUT2D eigenvalue weighted by atomic mass is 79.9. The van der Waals surface area contributed by atoms with Gasteiger partial charge in [-0.1, -0.05) is 57.9 Å². The zero-order valence-electron chi connectivity index (χ0n) is 11.0. The molecule has 0 amide bonds. The highest BCUT2D eigenvalue weighted by molar-refractivity contribution is 9.10. The Morgan fingerprint density at radius 3 is 2.33 bits per heavy atom. The van der Waals surface area contributed by atoms with Crippen LogP contribution in [0.5, 0.6) is 0 Å². The molecule has 0 radical (unpaired) electrons. The molecule has 0 saturated carbocycles. The van der Waals surface area contributed by atoms with E-state index in [-0.39, 0.29) is 6.04 Å². The zero-order chi connectivity index (χ0) is 13.1. The highest BCUT2D eigenvalue weighted by Crippen LogP contribution is 2.26. The van der Waals surface area contributed by atoms with Crippen LogP contribution in [0.1, 0.15) is 28.3 Å². The molecule has 0 heterocycles. The summed E-state index contributed by atoms with van der Waals surface area (Å²) in [6.07, 6.45) is 0. The Labute approximate surface area is 117 Å². The van der Waals surface area contributed by atoms with Crippen molar-refractivity contribution in [3.05, 3.63) is 69.2 Å². The molecule has 2 aromatic carbocycles. The minimum absolute atomic E-state index is 0.238. The van der Waals surface area contributed by atoms with Gasteiger partial charge in [0.2, 0.25) is 0 Å². The molecule has 1 unspecified atom stereocenters. The third-order valence-electron chi connectivity index (χ3n) is 3.19. The van der Waals surface area contributed by atoms with Gasteiger partial charge >= 0.3 is 0 Å². The van der Waals surface area contributed by atoms with Crippen LogP contribution in [0.25, 0.3) is 0 Å². The third-order valence-corrected chi connectivity index (χ3v) is 4.05. The van der Waals surface area contributed by atoms with Crippen LogP contribution in [0.2, 0.25) is 0 Å². The Morgan fingerprint density at radius 2 is 1.72 bits per heavy atom. The van der Waals surface area contributed by atoms with E-state index in [0.29, 0.717) is 0 Å². The van der Waals surface area contributed by atoms with Gasteiger partial charge in [-0.3, -0.25) is 0 Å². The molecule has 2 heteroatoms. The number of nitrogens with one attached hydrogen (secondary N) is 1. The van der Waals surface area contributed by atoms with Gasteiger partial charge in [-0.25, -0.2) is 0 Å². The molecule has 0 aliphatic rings. The largest absolute Gasteiger partial charge is 0.309 e. The van der Waals surface area contributed by atoms with Crippen molar-refractivity contribution in [1.82, 2.24) is 5.32 Å². The second-order valence-electron chi connectivity index (χ2n) is 4.64. The number of aryl methyl sites for hydroxylation is 2. The van der Waals surface area contributed by atoms with Gasteiger partial charge in [0, 0.05) is 4.47 Å². The lowest BCUT2D eigenvalue weighted by Gasteiger charge is -2.18. The van der Waals surface area contributed by atoms with Gasteiger partial charge in [-0.05, 0) is 43.7 Å². The van der Waals surface area contributed by atoms with Crippen molar-refractivity contribution in [3.63, 3.8) is 0 Å². The number of hydrogen-bond acceptors (Lipinski definition) is 1. The molecule has 94 valence electrons. The van der Waals surface area contributed by atoms with Crippen molar-refractivity contribution >= 4 is 15.9 Å². The quantitative estimate of drug-likeness (QED) is 0.887. The van der Waals surface area contributed by atoms with Gasteiger partial charge in [-0.2, -0.15) is 0 Å². The molecule has 2 rings (SSSR count). The molecule has 18 heavy (non-hydrogen) atoms. The number of rotatable bonds is 3. The van der Waals surface area contributed by atoms with E-state index in [9.17, 15) is 0 Å². The second-order valence-corrected chi connectivity index (χ2v) is 5.50. The third kappa shape index (κ3) is 2.82. The van der Waals surface area contributed by atoms with Gasteiger partial charge < -0.3 is 5.32 Å². The Morgan fingerprint density at radius 1 is 1.00 bits per heavy atom. The first kappa shape index (κ1) is 13.3. The topological polar surface area (TPSA) is 12.0 Å². The number of benzene rings is 2. The van der Waals surface area contributed by atoms with Gasteiger partial charge in [0.25, 0.3) is 0 Å². The molecule has 0 aromatic heterocycles. The molecule has 1 atom stereocenters. The van der Waals surface area contributed by atoms with Crippen LogP contribution >= 0.6 is 15.9 Å². The summed E-state index contributed by atoms with van der Waals surface area (Å²) in [5.74, 6) is 0. The molecule has 0 aliphatic heterocycles. The number of hydrogen-bond donors (Lipinski definition) is 1. The van der Waals surface area contributed by atoms with Crippen molar-refractivity contribution < 1.29 is 0 Å². The summed E-state index contributed by atoms with van der Waals surface area (Å²) >= 11 is 3.60. The molecule has 2 aromatic rings. The summed E-state index contributed by atoms with van der Waals surface area (Å²) < 4.78 is 1.16. The second kappa shape index (κ2) is 5.68. The van der Waals surface area contributed by atoms with Gasteiger partial charge in [-0.15, -0.1) is 0 Å².